The van der Waals surface area contributed by atoms with Crippen molar-refractivity contribution in [1.82, 2.24) is 5.32 Å². The Kier molecular flexibility index (Phi) is 4.70. The van der Waals surface area contributed by atoms with Gasteiger partial charge in [0.05, 0.1) is 18.1 Å². The maximum atomic E-state index is 10.8. The Bertz CT molecular complexity index is 444. The second-order valence-electron chi connectivity index (χ2n) is 4.56. The van der Waals surface area contributed by atoms with E-state index < -0.39 is 4.92 Å². The maximum Gasteiger partial charge on any atom is 0.273 e. The van der Waals surface area contributed by atoms with Crippen LogP contribution in [0.5, 0.6) is 5.75 Å². The lowest BCUT2D eigenvalue weighted by Crippen LogP contribution is -2.34. The highest BCUT2D eigenvalue weighted by molar-refractivity contribution is 5.42. The molecule has 0 amide bonds. The molecule has 1 N–H and O–H groups in total. The molecule has 1 fully saturated rings. The van der Waals surface area contributed by atoms with Crippen molar-refractivity contribution in [2.75, 3.05) is 20.3 Å². The van der Waals surface area contributed by atoms with Crippen molar-refractivity contribution >= 4 is 5.69 Å². The summed E-state index contributed by atoms with van der Waals surface area (Å²) in [4.78, 5) is 10.4. The van der Waals surface area contributed by atoms with Gasteiger partial charge in [-0.1, -0.05) is 0 Å². The molecular weight excluding hydrogens is 248 g/mol. The fraction of sp³-hybridized carbons (Fsp3) is 0.538. The normalized spacial score (nSPS) is 16.3. The summed E-state index contributed by atoms with van der Waals surface area (Å²) in [5.74, 6) is 0.512. The third kappa shape index (κ3) is 3.90. The van der Waals surface area contributed by atoms with E-state index in [9.17, 15) is 10.1 Å². The van der Waals surface area contributed by atoms with Crippen molar-refractivity contribution in [2.24, 2.45) is 0 Å². The fourth-order valence-corrected chi connectivity index (χ4v) is 2.13. The summed E-state index contributed by atoms with van der Waals surface area (Å²) in [6.07, 6.45) is 1.96. The smallest absolute Gasteiger partial charge is 0.273 e. The Balaban J connectivity index is 2.02. The molecule has 0 aromatic heterocycles. The summed E-state index contributed by atoms with van der Waals surface area (Å²) < 4.78 is 10.4. The van der Waals surface area contributed by atoms with E-state index in [0.717, 1.165) is 31.6 Å². The van der Waals surface area contributed by atoms with Crippen LogP contribution < -0.4 is 10.1 Å². The minimum Gasteiger partial charge on any atom is -0.496 e. The van der Waals surface area contributed by atoms with Crippen LogP contribution in [0.3, 0.4) is 0 Å². The molecule has 6 nitrogen and oxygen atoms in total. The summed E-state index contributed by atoms with van der Waals surface area (Å²) in [7, 11) is 1.51. The quantitative estimate of drug-likeness (QED) is 0.650. The second-order valence-corrected chi connectivity index (χ2v) is 4.56. The van der Waals surface area contributed by atoms with Crippen molar-refractivity contribution in [3.05, 3.63) is 33.9 Å². The van der Waals surface area contributed by atoms with Crippen LogP contribution in [-0.2, 0) is 11.3 Å². The molecule has 1 aromatic rings. The Morgan fingerprint density at radius 2 is 2.16 bits per heavy atom. The lowest BCUT2D eigenvalue weighted by molar-refractivity contribution is -0.385. The third-order valence-corrected chi connectivity index (χ3v) is 3.21. The highest BCUT2D eigenvalue weighted by Gasteiger charge is 2.14. The number of non-ortho nitro benzene ring substituents is 1. The average Bonchev–Trinajstić information content (AvgIpc) is 2.45. The molecule has 6 heteroatoms. The van der Waals surface area contributed by atoms with E-state index in [1.165, 1.54) is 13.2 Å². The molecule has 0 spiro atoms. The van der Waals surface area contributed by atoms with Gasteiger partial charge in [-0.25, -0.2) is 0 Å². The molecule has 104 valence electrons. The highest BCUT2D eigenvalue weighted by atomic mass is 16.6. The number of hydrogen-bond donors (Lipinski definition) is 1. The monoisotopic (exact) mass is 266 g/mol. The van der Waals surface area contributed by atoms with Crippen LogP contribution >= 0.6 is 0 Å². The zero-order chi connectivity index (χ0) is 13.7. The van der Waals surface area contributed by atoms with Crippen LogP contribution in [0.15, 0.2) is 18.2 Å². The van der Waals surface area contributed by atoms with Crippen molar-refractivity contribution in [2.45, 2.75) is 25.4 Å². The van der Waals surface area contributed by atoms with E-state index in [1.54, 1.807) is 6.07 Å². The summed E-state index contributed by atoms with van der Waals surface area (Å²) >= 11 is 0. The van der Waals surface area contributed by atoms with Crippen molar-refractivity contribution < 1.29 is 14.4 Å². The van der Waals surface area contributed by atoms with E-state index in [1.807, 2.05) is 6.07 Å². The van der Waals surface area contributed by atoms with Crippen LogP contribution in [0.25, 0.3) is 0 Å². The third-order valence-electron chi connectivity index (χ3n) is 3.21. The summed E-state index contributed by atoms with van der Waals surface area (Å²) in [5.41, 5.74) is 0.917. The van der Waals surface area contributed by atoms with Gasteiger partial charge in [0.15, 0.2) is 0 Å². The van der Waals surface area contributed by atoms with Gasteiger partial charge in [-0.3, -0.25) is 10.1 Å². The van der Waals surface area contributed by atoms with Gasteiger partial charge in [0.2, 0.25) is 0 Å². The van der Waals surface area contributed by atoms with Crippen LogP contribution in [0.1, 0.15) is 18.4 Å². The average molecular weight is 266 g/mol. The van der Waals surface area contributed by atoms with E-state index in [-0.39, 0.29) is 5.69 Å². The number of benzene rings is 1. The molecule has 1 saturated heterocycles. The number of nitrogens with one attached hydrogen (secondary N) is 1. The Hall–Kier alpha value is -1.66. The number of rotatable bonds is 5. The van der Waals surface area contributed by atoms with Crippen LogP contribution in [0, 0.1) is 10.1 Å². The molecule has 1 aromatic carbocycles. The fourth-order valence-electron chi connectivity index (χ4n) is 2.13. The number of nitrogens with zero attached hydrogens (tertiary/aromatic N) is 1. The number of nitro benzene ring substituents is 1. The molecular formula is C13H18N2O4. The SMILES string of the molecule is COc1cc(CNC2CCOCC2)cc([N+](=O)[O-])c1. The zero-order valence-corrected chi connectivity index (χ0v) is 10.9. The first kappa shape index (κ1) is 13.8. The first-order valence-corrected chi connectivity index (χ1v) is 6.32. The van der Waals surface area contributed by atoms with Crippen LogP contribution in [0.2, 0.25) is 0 Å². The predicted molar refractivity (Wildman–Crippen MR) is 70.3 cm³/mol. The molecule has 1 heterocycles. The maximum absolute atomic E-state index is 10.8. The molecule has 19 heavy (non-hydrogen) atoms. The standard InChI is InChI=1S/C13H18N2O4/c1-18-13-7-10(6-12(8-13)15(16)17)9-14-11-2-4-19-5-3-11/h6-8,11,14H,2-5,9H2,1H3. The number of nitro groups is 1. The topological polar surface area (TPSA) is 73.6 Å². The van der Waals surface area contributed by atoms with Gasteiger partial charge < -0.3 is 14.8 Å². The van der Waals surface area contributed by atoms with E-state index >= 15 is 0 Å². The summed E-state index contributed by atoms with van der Waals surface area (Å²) in [5, 5.41) is 14.2. The first-order chi connectivity index (χ1) is 9.19. The van der Waals surface area contributed by atoms with Crippen LogP contribution in [-0.4, -0.2) is 31.3 Å². The summed E-state index contributed by atoms with van der Waals surface area (Å²) in [6, 6.07) is 5.24. The largest absolute Gasteiger partial charge is 0.496 e. The molecule has 1 aliphatic rings. The van der Waals surface area contributed by atoms with Crippen molar-refractivity contribution in [3.8, 4) is 5.75 Å². The lowest BCUT2D eigenvalue weighted by atomic mass is 10.1. The second kappa shape index (κ2) is 6.49. The van der Waals surface area contributed by atoms with Crippen LogP contribution in [0.4, 0.5) is 5.69 Å². The van der Waals surface area contributed by atoms with Crippen molar-refractivity contribution in [3.63, 3.8) is 0 Å². The van der Waals surface area contributed by atoms with Gasteiger partial charge >= 0.3 is 0 Å². The molecule has 0 bridgehead atoms. The van der Waals surface area contributed by atoms with E-state index in [2.05, 4.69) is 5.32 Å². The number of hydrogen-bond acceptors (Lipinski definition) is 5. The number of ether oxygens (including phenoxy) is 2. The highest BCUT2D eigenvalue weighted by Crippen LogP contribution is 2.22. The molecule has 0 radical (unpaired) electrons. The minimum absolute atomic E-state index is 0.0585. The Morgan fingerprint density at radius 1 is 1.42 bits per heavy atom. The van der Waals surface area contributed by atoms with E-state index in [4.69, 9.17) is 9.47 Å². The predicted octanol–water partition coefficient (Wildman–Crippen LogP) is 1.87. The van der Waals surface area contributed by atoms with Gasteiger partial charge in [0.25, 0.3) is 5.69 Å². The van der Waals surface area contributed by atoms with Gasteiger partial charge in [-0.2, -0.15) is 0 Å². The Labute approximate surface area is 111 Å². The zero-order valence-electron chi connectivity index (χ0n) is 10.9. The van der Waals surface area contributed by atoms with Gasteiger partial charge in [0, 0.05) is 31.9 Å². The minimum atomic E-state index is -0.402. The molecule has 0 atom stereocenters. The first-order valence-electron chi connectivity index (χ1n) is 6.32. The Morgan fingerprint density at radius 3 is 2.79 bits per heavy atom. The van der Waals surface area contributed by atoms with Gasteiger partial charge in [0.1, 0.15) is 5.75 Å². The van der Waals surface area contributed by atoms with Gasteiger partial charge in [-0.15, -0.1) is 0 Å². The summed E-state index contributed by atoms with van der Waals surface area (Å²) in [6.45, 7) is 2.15. The lowest BCUT2D eigenvalue weighted by Gasteiger charge is -2.23. The molecule has 0 unspecified atom stereocenters. The number of methoxy groups -OCH3 is 1. The molecule has 0 saturated carbocycles. The van der Waals surface area contributed by atoms with E-state index in [0.29, 0.717) is 18.3 Å². The molecule has 1 aliphatic heterocycles. The van der Waals surface area contributed by atoms with Gasteiger partial charge in [-0.05, 0) is 24.5 Å². The molecule has 2 rings (SSSR count). The van der Waals surface area contributed by atoms with Crippen molar-refractivity contribution in [1.29, 1.82) is 0 Å². The molecule has 0 aliphatic carbocycles.